The van der Waals surface area contributed by atoms with E-state index in [-0.39, 0.29) is 11.9 Å². The van der Waals surface area contributed by atoms with Gasteiger partial charge in [-0.2, -0.15) is 0 Å². The van der Waals surface area contributed by atoms with Crippen molar-refractivity contribution < 1.29 is 9.59 Å². The summed E-state index contributed by atoms with van der Waals surface area (Å²) in [6.45, 7) is 1.48. The van der Waals surface area contributed by atoms with Crippen molar-refractivity contribution in [3.8, 4) is 0 Å². The number of amides is 3. The fourth-order valence-corrected chi connectivity index (χ4v) is 4.34. The zero-order chi connectivity index (χ0) is 20.8. The highest BCUT2D eigenvalue weighted by molar-refractivity contribution is 7.14. The molecule has 30 heavy (non-hydrogen) atoms. The quantitative estimate of drug-likeness (QED) is 0.618. The largest absolute Gasteiger partial charge is 0.337 e. The number of thiazole rings is 1. The van der Waals surface area contributed by atoms with Crippen molar-refractivity contribution in [1.82, 2.24) is 9.88 Å². The van der Waals surface area contributed by atoms with Crippen molar-refractivity contribution in [3.63, 3.8) is 0 Å². The number of benzene rings is 2. The van der Waals surface area contributed by atoms with Crippen molar-refractivity contribution in [2.24, 2.45) is 5.92 Å². The van der Waals surface area contributed by atoms with Crippen molar-refractivity contribution in [1.29, 1.82) is 0 Å². The number of nitrogens with one attached hydrogen (secondary N) is 2. The van der Waals surface area contributed by atoms with Gasteiger partial charge in [0.1, 0.15) is 5.69 Å². The fourth-order valence-electron chi connectivity index (χ4n) is 3.66. The van der Waals surface area contributed by atoms with Crippen LogP contribution in [0.3, 0.4) is 0 Å². The predicted octanol–water partition coefficient (Wildman–Crippen LogP) is 4.88. The summed E-state index contributed by atoms with van der Waals surface area (Å²) in [4.78, 5) is 31.1. The average Bonchev–Trinajstić information content (AvgIpc) is 3.23. The number of carbonyl (C=O) groups excluding carboxylic acids is 2. The zero-order valence-corrected chi connectivity index (χ0v) is 17.4. The van der Waals surface area contributed by atoms with Crippen LogP contribution in [0, 0.1) is 5.92 Å². The van der Waals surface area contributed by atoms with E-state index in [4.69, 9.17) is 0 Å². The van der Waals surface area contributed by atoms with Gasteiger partial charge in [0.2, 0.25) is 0 Å². The number of para-hydroxylation sites is 1. The Labute approximate surface area is 180 Å². The highest BCUT2D eigenvalue weighted by Gasteiger charge is 2.25. The van der Waals surface area contributed by atoms with Gasteiger partial charge in [0, 0.05) is 24.2 Å². The number of rotatable bonds is 5. The van der Waals surface area contributed by atoms with E-state index in [9.17, 15) is 9.59 Å². The minimum Gasteiger partial charge on any atom is -0.337 e. The standard InChI is InChI=1S/C23H24N4O2S/c28-21(27-13-11-18(12-14-27)15-17-7-3-1-4-8-17)20-16-30-23(25-20)26-22(29)24-19-9-5-2-6-10-19/h1-10,16,18H,11-15H2,(H2,24,25,26,29). The van der Waals surface area contributed by atoms with E-state index in [1.54, 1.807) is 17.5 Å². The summed E-state index contributed by atoms with van der Waals surface area (Å²) in [6, 6.07) is 19.3. The molecule has 0 spiro atoms. The average molecular weight is 421 g/mol. The van der Waals surface area contributed by atoms with Crippen LogP contribution >= 0.6 is 11.3 Å². The van der Waals surface area contributed by atoms with Crippen LogP contribution in [-0.2, 0) is 6.42 Å². The Hall–Kier alpha value is -3.19. The summed E-state index contributed by atoms with van der Waals surface area (Å²) in [5, 5.41) is 7.54. The third-order valence-corrected chi connectivity index (χ3v) is 6.00. The maximum atomic E-state index is 12.8. The minimum absolute atomic E-state index is 0.0686. The van der Waals surface area contributed by atoms with Crippen LogP contribution in [-0.4, -0.2) is 34.9 Å². The first kappa shape index (κ1) is 20.1. The Kier molecular flexibility index (Phi) is 6.39. The lowest BCUT2D eigenvalue weighted by atomic mass is 9.90. The number of carbonyl (C=O) groups is 2. The predicted molar refractivity (Wildman–Crippen MR) is 120 cm³/mol. The summed E-state index contributed by atoms with van der Waals surface area (Å²) < 4.78 is 0. The topological polar surface area (TPSA) is 74.3 Å². The van der Waals surface area contributed by atoms with E-state index >= 15 is 0 Å². The molecule has 0 unspecified atom stereocenters. The van der Waals surface area contributed by atoms with E-state index < -0.39 is 0 Å². The van der Waals surface area contributed by atoms with E-state index in [1.807, 2.05) is 29.2 Å². The monoisotopic (exact) mass is 420 g/mol. The van der Waals surface area contributed by atoms with Crippen LogP contribution < -0.4 is 10.6 Å². The van der Waals surface area contributed by atoms with Crippen molar-refractivity contribution in [3.05, 3.63) is 77.3 Å². The van der Waals surface area contributed by atoms with Gasteiger partial charge in [0.25, 0.3) is 5.91 Å². The molecule has 0 saturated carbocycles. The molecular weight excluding hydrogens is 396 g/mol. The van der Waals surface area contributed by atoms with Gasteiger partial charge in [-0.15, -0.1) is 11.3 Å². The molecule has 1 aliphatic rings. The molecule has 6 nitrogen and oxygen atoms in total. The first-order valence-corrected chi connectivity index (χ1v) is 11.0. The molecule has 2 aromatic carbocycles. The van der Waals surface area contributed by atoms with Crippen molar-refractivity contribution in [2.75, 3.05) is 23.7 Å². The van der Waals surface area contributed by atoms with E-state index in [2.05, 4.69) is 39.9 Å². The molecule has 0 aliphatic carbocycles. The number of hydrogen-bond acceptors (Lipinski definition) is 4. The second-order valence-corrected chi connectivity index (χ2v) is 8.27. The number of piperidine rings is 1. The molecule has 3 amide bonds. The molecule has 1 saturated heterocycles. The summed E-state index contributed by atoms with van der Waals surface area (Å²) in [7, 11) is 0. The molecule has 0 bridgehead atoms. The van der Waals surface area contributed by atoms with Gasteiger partial charge in [-0.05, 0) is 42.9 Å². The zero-order valence-electron chi connectivity index (χ0n) is 16.6. The van der Waals surface area contributed by atoms with Gasteiger partial charge in [0.15, 0.2) is 5.13 Å². The number of nitrogens with zero attached hydrogens (tertiary/aromatic N) is 2. The van der Waals surface area contributed by atoms with Crippen LogP contribution in [0.15, 0.2) is 66.0 Å². The Morgan fingerprint density at radius 1 is 0.967 bits per heavy atom. The lowest BCUT2D eigenvalue weighted by Crippen LogP contribution is -2.39. The van der Waals surface area contributed by atoms with Crippen LogP contribution in [0.5, 0.6) is 0 Å². The Morgan fingerprint density at radius 3 is 2.33 bits per heavy atom. The van der Waals surface area contributed by atoms with Crippen LogP contribution in [0.1, 0.15) is 28.9 Å². The third-order valence-electron chi connectivity index (χ3n) is 5.24. The third kappa shape index (κ3) is 5.24. The Bertz CT molecular complexity index is 983. The second-order valence-electron chi connectivity index (χ2n) is 7.41. The Morgan fingerprint density at radius 2 is 1.63 bits per heavy atom. The number of anilines is 2. The molecule has 154 valence electrons. The maximum Gasteiger partial charge on any atom is 0.325 e. The smallest absolute Gasteiger partial charge is 0.325 e. The van der Waals surface area contributed by atoms with Crippen molar-refractivity contribution >= 4 is 34.1 Å². The first-order chi connectivity index (χ1) is 14.7. The Balaban J connectivity index is 1.27. The van der Waals surface area contributed by atoms with Gasteiger partial charge in [-0.25, -0.2) is 9.78 Å². The fraction of sp³-hybridized carbons (Fsp3) is 0.261. The lowest BCUT2D eigenvalue weighted by molar-refractivity contribution is 0.0685. The van der Waals surface area contributed by atoms with Crippen molar-refractivity contribution in [2.45, 2.75) is 19.3 Å². The van der Waals surface area contributed by atoms with E-state index in [0.717, 1.165) is 32.4 Å². The molecular formula is C23H24N4O2S. The summed E-state index contributed by atoms with van der Waals surface area (Å²) in [5.74, 6) is 0.534. The van der Waals surface area contributed by atoms with Gasteiger partial charge in [-0.3, -0.25) is 10.1 Å². The summed E-state index contributed by atoms with van der Waals surface area (Å²) >= 11 is 1.25. The number of aromatic nitrogens is 1. The normalized spacial score (nSPS) is 14.3. The molecule has 2 N–H and O–H groups in total. The molecule has 2 heterocycles. The number of hydrogen-bond donors (Lipinski definition) is 2. The lowest BCUT2D eigenvalue weighted by Gasteiger charge is -2.31. The van der Waals surface area contributed by atoms with Gasteiger partial charge >= 0.3 is 6.03 Å². The second kappa shape index (κ2) is 9.54. The molecule has 1 aliphatic heterocycles. The van der Waals surface area contributed by atoms with Crippen LogP contribution in [0.25, 0.3) is 0 Å². The highest BCUT2D eigenvalue weighted by Crippen LogP contribution is 2.24. The van der Waals surface area contributed by atoms with Gasteiger partial charge < -0.3 is 10.2 Å². The molecule has 0 radical (unpaired) electrons. The molecule has 7 heteroatoms. The van der Waals surface area contributed by atoms with Gasteiger partial charge in [-0.1, -0.05) is 48.5 Å². The molecule has 1 fully saturated rings. The maximum absolute atomic E-state index is 12.8. The first-order valence-electron chi connectivity index (χ1n) is 10.1. The SMILES string of the molecule is O=C(Nc1ccccc1)Nc1nc(C(=O)N2CCC(Cc3ccccc3)CC2)cs1. The summed E-state index contributed by atoms with van der Waals surface area (Å²) in [6.07, 6.45) is 3.05. The van der Waals surface area contributed by atoms with Gasteiger partial charge in [0.05, 0.1) is 0 Å². The molecule has 0 atom stereocenters. The molecule has 4 rings (SSSR count). The number of likely N-dealkylation sites (tertiary alicyclic amines) is 1. The molecule has 3 aromatic rings. The molecule has 1 aromatic heterocycles. The number of urea groups is 1. The van der Waals surface area contributed by atoms with E-state index in [0.29, 0.717) is 22.4 Å². The highest BCUT2D eigenvalue weighted by atomic mass is 32.1. The van der Waals surface area contributed by atoms with Crippen LogP contribution in [0.2, 0.25) is 0 Å². The minimum atomic E-state index is -0.378. The summed E-state index contributed by atoms with van der Waals surface area (Å²) in [5.41, 5.74) is 2.43. The van der Waals surface area contributed by atoms with Crippen LogP contribution in [0.4, 0.5) is 15.6 Å². The van der Waals surface area contributed by atoms with E-state index in [1.165, 1.54) is 16.9 Å².